The Morgan fingerprint density at radius 2 is 2.12 bits per heavy atom. The maximum Gasteiger partial charge on any atom is 0.272 e. The molecular weight excluding hydrogens is 348 g/mol. The molecule has 3 rings (SSSR count). The van der Waals surface area contributed by atoms with E-state index < -0.39 is 0 Å². The number of hydrogen-bond donors (Lipinski definition) is 1. The highest BCUT2D eigenvalue weighted by atomic mass is 35.5. The van der Waals surface area contributed by atoms with Crippen LogP contribution < -0.4 is 5.32 Å². The fourth-order valence-electron chi connectivity index (χ4n) is 3.44. The van der Waals surface area contributed by atoms with Crippen LogP contribution in [-0.4, -0.2) is 33.4 Å². The normalized spacial score (nSPS) is 17.2. The molecule has 0 saturated carbocycles. The summed E-state index contributed by atoms with van der Waals surface area (Å²) >= 11 is 6.18. The van der Waals surface area contributed by atoms with Crippen molar-refractivity contribution in [3.8, 4) is 0 Å². The van der Waals surface area contributed by atoms with Gasteiger partial charge in [-0.15, -0.1) is 0 Å². The quantitative estimate of drug-likeness (QED) is 0.829. The summed E-state index contributed by atoms with van der Waals surface area (Å²) in [5, 5.41) is 3.88. The minimum absolute atomic E-state index is 0.00656. The van der Waals surface area contributed by atoms with Gasteiger partial charge in [0.1, 0.15) is 5.69 Å². The highest BCUT2D eigenvalue weighted by Gasteiger charge is 2.27. The van der Waals surface area contributed by atoms with E-state index in [9.17, 15) is 4.79 Å². The number of carbonyl (C=O) groups is 1. The average molecular weight is 373 g/mol. The van der Waals surface area contributed by atoms with Crippen molar-refractivity contribution in [3.63, 3.8) is 0 Å². The van der Waals surface area contributed by atoms with E-state index in [4.69, 9.17) is 11.6 Å². The third-order valence-corrected chi connectivity index (χ3v) is 5.36. The van der Waals surface area contributed by atoms with Crippen molar-refractivity contribution in [2.75, 3.05) is 11.9 Å². The number of nitrogens with one attached hydrogen (secondary N) is 1. The van der Waals surface area contributed by atoms with Crippen LogP contribution in [0.3, 0.4) is 0 Å². The molecule has 1 amide bonds. The van der Waals surface area contributed by atoms with Crippen LogP contribution in [0.4, 0.5) is 11.6 Å². The van der Waals surface area contributed by atoms with Crippen LogP contribution in [0, 0.1) is 13.8 Å². The lowest BCUT2D eigenvalue weighted by Gasteiger charge is -2.35. The zero-order valence-corrected chi connectivity index (χ0v) is 16.3. The van der Waals surface area contributed by atoms with Crippen LogP contribution in [0.2, 0.25) is 5.02 Å². The lowest BCUT2D eigenvalue weighted by Crippen LogP contribution is -2.43. The Labute approximate surface area is 159 Å². The Morgan fingerprint density at radius 3 is 2.88 bits per heavy atom. The summed E-state index contributed by atoms with van der Waals surface area (Å²) in [5.74, 6) is 0.414. The lowest BCUT2D eigenvalue weighted by atomic mass is 9.99. The number of amides is 1. The van der Waals surface area contributed by atoms with Crippen molar-refractivity contribution in [1.29, 1.82) is 0 Å². The van der Waals surface area contributed by atoms with Crippen molar-refractivity contribution >= 4 is 29.1 Å². The molecular formula is C20H25ClN4O. The van der Waals surface area contributed by atoms with Crippen LogP contribution in [0.15, 0.2) is 24.3 Å². The van der Waals surface area contributed by atoms with Gasteiger partial charge in [0.15, 0.2) is 0 Å². The van der Waals surface area contributed by atoms with E-state index in [0.29, 0.717) is 22.7 Å². The number of likely N-dealkylation sites (tertiary alicyclic amines) is 1. The van der Waals surface area contributed by atoms with Crippen molar-refractivity contribution in [3.05, 3.63) is 46.2 Å². The maximum absolute atomic E-state index is 13.0. The Balaban J connectivity index is 1.87. The molecule has 1 aromatic carbocycles. The number of rotatable bonds is 4. The molecule has 0 spiro atoms. The first-order valence-electron chi connectivity index (χ1n) is 9.18. The van der Waals surface area contributed by atoms with Crippen LogP contribution in [0.25, 0.3) is 0 Å². The molecule has 1 aromatic heterocycles. The first-order valence-corrected chi connectivity index (χ1v) is 9.56. The largest absolute Gasteiger partial charge is 0.334 e. The van der Waals surface area contributed by atoms with Crippen LogP contribution in [0.5, 0.6) is 0 Å². The van der Waals surface area contributed by atoms with E-state index in [1.165, 1.54) is 6.42 Å². The number of hydrogen-bond acceptors (Lipinski definition) is 4. The van der Waals surface area contributed by atoms with Gasteiger partial charge in [-0.05, 0) is 63.3 Å². The lowest BCUT2D eigenvalue weighted by molar-refractivity contribution is 0.0602. The van der Waals surface area contributed by atoms with Gasteiger partial charge in [-0.2, -0.15) is 0 Å². The van der Waals surface area contributed by atoms with Gasteiger partial charge < -0.3 is 10.2 Å². The molecule has 1 atom stereocenters. The molecule has 1 N–H and O–H groups in total. The predicted octanol–water partition coefficient (Wildman–Crippen LogP) is 4.90. The van der Waals surface area contributed by atoms with Crippen molar-refractivity contribution < 1.29 is 4.79 Å². The minimum Gasteiger partial charge on any atom is -0.334 e. The van der Waals surface area contributed by atoms with E-state index in [1.807, 2.05) is 36.9 Å². The number of carbonyl (C=O) groups excluding carboxylic acids is 1. The van der Waals surface area contributed by atoms with E-state index in [2.05, 4.69) is 22.2 Å². The van der Waals surface area contributed by atoms with Crippen molar-refractivity contribution in [1.82, 2.24) is 14.9 Å². The first-order chi connectivity index (χ1) is 12.5. The zero-order chi connectivity index (χ0) is 18.7. The van der Waals surface area contributed by atoms with Gasteiger partial charge in [-0.25, -0.2) is 9.97 Å². The molecule has 5 nitrogen and oxygen atoms in total. The molecule has 26 heavy (non-hydrogen) atoms. The number of halogens is 1. The smallest absolute Gasteiger partial charge is 0.272 e. The summed E-state index contributed by atoms with van der Waals surface area (Å²) in [7, 11) is 0. The van der Waals surface area contributed by atoms with Gasteiger partial charge >= 0.3 is 0 Å². The SMILES string of the molecule is CCC1CCCCN1C(=O)c1cc(C)nc(Nc2cccc(Cl)c2C)n1. The Morgan fingerprint density at radius 1 is 1.31 bits per heavy atom. The summed E-state index contributed by atoms with van der Waals surface area (Å²) in [6.07, 6.45) is 4.28. The predicted molar refractivity (Wildman–Crippen MR) is 105 cm³/mol. The molecule has 0 radical (unpaired) electrons. The standard InChI is InChI=1S/C20H25ClN4O/c1-4-15-8-5-6-11-25(15)19(26)18-12-13(2)22-20(24-18)23-17-10-7-9-16(21)14(17)3/h7,9-10,12,15H,4-6,8,11H2,1-3H3,(H,22,23,24). The third kappa shape index (κ3) is 3.98. The Hall–Kier alpha value is -2.14. The molecule has 0 bridgehead atoms. The van der Waals surface area contributed by atoms with E-state index in [0.717, 1.165) is 42.8 Å². The molecule has 6 heteroatoms. The minimum atomic E-state index is -0.00656. The van der Waals surface area contributed by atoms with E-state index >= 15 is 0 Å². The molecule has 1 aliphatic rings. The number of aryl methyl sites for hydroxylation is 1. The van der Waals surface area contributed by atoms with Crippen molar-refractivity contribution in [2.45, 2.75) is 52.5 Å². The van der Waals surface area contributed by atoms with Crippen LogP contribution in [-0.2, 0) is 0 Å². The second-order valence-electron chi connectivity index (χ2n) is 6.81. The second kappa shape index (κ2) is 8.04. The maximum atomic E-state index is 13.0. The summed E-state index contributed by atoms with van der Waals surface area (Å²) in [4.78, 5) is 23.9. The summed E-state index contributed by atoms with van der Waals surface area (Å²) < 4.78 is 0. The van der Waals surface area contributed by atoms with E-state index in [-0.39, 0.29) is 5.91 Å². The molecule has 1 fully saturated rings. The molecule has 138 valence electrons. The summed E-state index contributed by atoms with van der Waals surface area (Å²) in [5.41, 5.74) is 2.97. The van der Waals surface area contributed by atoms with Gasteiger partial charge in [0.25, 0.3) is 5.91 Å². The number of benzene rings is 1. The average Bonchev–Trinajstić information content (AvgIpc) is 2.64. The molecule has 2 heterocycles. The van der Waals surface area contributed by atoms with Gasteiger partial charge in [0, 0.05) is 29.0 Å². The molecule has 1 saturated heterocycles. The monoisotopic (exact) mass is 372 g/mol. The molecule has 1 aliphatic heterocycles. The number of nitrogens with zero attached hydrogens (tertiary/aromatic N) is 3. The molecule has 2 aromatic rings. The third-order valence-electron chi connectivity index (χ3n) is 4.95. The number of anilines is 2. The topological polar surface area (TPSA) is 58.1 Å². The van der Waals surface area contributed by atoms with Crippen LogP contribution >= 0.6 is 11.6 Å². The zero-order valence-electron chi connectivity index (χ0n) is 15.6. The van der Waals surface area contributed by atoms with E-state index in [1.54, 1.807) is 6.07 Å². The molecule has 1 unspecified atom stereocenters. The van der Waals surface area contributed by atoms with Gasteiger partial charge in [-0.3, -0.25) is 4.79 Å². The first kappa shape index (κ1) is 18.6. The second-order valence-corrected chi connectivity index (χ2v) is 7.22. The fourth-order valence-corrected chi connectivity index (χ4v) is 3.61. The highest BCUT2D eigenvalue weighted by molar-refractivity contribution is 6.31. The van der Waals surface area contributed by atoms with Gasteiger partial charge in [0.2, 0.25) is 5.95 Å². The number of piperidine rings is 1. The molecule has 0 aliphatic carbocycles. The Kier molecular flexibility index (Phi) is 5.77. The highest BCUT2D eigenvalue weighted by Crippen LogP contribution is 2.26. The Bertz CT molecular complexity index is 808. The number of aromatic nitrogens is 2. The van der Waals surface area contributed by atoms with Gasteiger partial charge in [0.05, 0.1) is 0 Å². The summed E-state index contributed by atoms with van der Waals surface area (Å²) in [6.45, 7) is 6.75. The fraction of sp³-hybridized carbons (Fsp3) is 0.450. The van der Waals surface area contributed by atoms with Crippen LogP contribution in [0.1, 0.15) is 54.4 Å². The van der Waals surface area contributed by atoms with Crippen molar-refractivity contribution in [2.24, 2.45) is 0 Å². The summed E-state index contributed by atoms with van der Waals surface area (Å²) in [6, 6.07) is 7.71. The van der Waals surface area contributed by atoms with Gasteiger partial charge in [-0.1, -0.05) is 24.6 Å².